The minimum absolute atomic E-state index is 0.386. The Labute approximate surface area is 97.7 Å². The highest BCUT2D eigenvalue weighted by atomic mass is 16.4. The second kappa shape index (κ2) is 4.30. The average Bonchev–Trinajstić information content (AvgIpc) is 2.69. The molecule has 0 saturated carbocycles. The van der Waals surface area contributed by atoms with Crippen molar-refractivity contribution in [2.24, 2.45) is 5.73 Å². The van der Waals surface area contributed by atoms with Gasteiger partial charge in [-0.3, -0.25) is 10.4 Å². The Kier molecular flexibility index (Phi) is 2.84. The van der Waals surface area contributed by atoms with Crippen LogP contribution in [0.3, 0.4) is 0 Å². The van der Waals surface area contributed by atoms with Gasteiger partial charge in [-0.1, -0.05) is 18.2 Å². The lowest BCUT2D eigenvalue weighted by molar-refractivity contribution is -0.139. The van der Waals surface area contributed by atoms with E-state index in [1.165, 1.54) is 5.01 Å². The van der Waals surface area contributed by atoms with Crippen molar-refractivity contribution < 1.29 is 9.90 Å². The Morgan fingerprint density at radius 3 is 2.94 bits per heavy atom. The number of hydrogen-bond donors (Lipinski definition) is 5. The summed E-state index contributed by atoms with van der Waals surface area (Å²) in [6, 6.07) is 7.44. The molecule has 0 fully saturated rings. The zero-order valence-corrected chi connectivity index (χ0v) is 8.97. The monoisotopic (exact) mass is 235 g/mol. The fourth-order valence-corrected chi connectivity index (χ4v) is 1.77. The zero-order valence-electron chi connectivity index (χ0n) is 8.97. The summed E-state index contributed by atoms with van der Waals surface area (Å²) >= 11 is 0. The standard InChI is InChI=1S/C10H13N5O2/c11-10(12)14-8(9(16)17)15-7-4-2-1-3-6(7)5-13-15/h1-4,8,13H,5H2,(H,16,17)(H4,11,12,14). The smallest absolute Gasteiger partial charge is 0.348 e. The Hall–Kier alpha value is -2.28. The van der Waals surface area contributed by atoms with Crippen LogP contribution in [0.25, 0.3) is 0 Å². The number of anilines is 1. The lowest BCUT2D eigenvalue weighted by Crippen LogP contribution is -2.57. The van der Waals surface area contributed by atoms with Crippen LogP contribution in [0.1, 0.15) is 5.56 Å². The number of nitrogens with two attached hydrogens (primary N) is 1. The number of carboxylic acid groups (broad SMARTS) is 1. The lowest BCUT2D eigenvalue weighted by Gasteiger charge is -2.27. The molecular formula is C10H13N5O2. The van der Waals surface area contributed by atoms with Crippen LogP contribution in [-0.2, 0) is 11.3 Å². The third-order valence-electron chi connectivity index (χ3n) is 2.48. The van der Waals surface area contributed by atoms with E-state index in [-0.39, 0.29) is 5.96 Å². The molecule has 0 aromatic heterocycles. The van der Waals surface area contributed by atoms with Crippen molar-refractivity contribution in [3.05, 3.63) is 29.8 Å². The summed E-state index contributed by atoms with van der Waals surface area (Å²) in [6.45, 7) is 0.555. The minimum Gasteiger partial charge on any atom is -0.478 e. The molecule has 0 spiro atoms. The molecule has 7 nitrogen and oxygen atoms in total. The van der Waals surface area contributed by atoms with Gasteiger partial charge in [0, 0.05) is 6.54 Å². The minimum atomic E-state index is -1.11. The number of guanidine groups is 1. The lowest BCUT2D eigenvalue weighted by atomic mass is 10.2. The number of aliphatic carboxylic acids is 1. The molecule has 0 aliphatic carbocycles. The van der Waals surface area contributed by atoms with Gasteiger partial charge in [-0.25, -0.2) is 10.2 Å². The van der Waals surface area contributed by atoms with E-state index in [1.807, 2.05) is 24.3 Å². The fraction of sp³-hybridized carbons (Fsp3) is 0.200. The Morgan fingerprint density at radius 2 is 2.29 bits per heavy atom. The number of benzene rings is 1. The summed E-state index contributed by atoms with van der Waals surface area (Å²) in [5, 5.41) is 20.1. The van der Waals surface area contributed by atoms with Gasteiger partial charge in [-0.05, 0) is 11.6 Å². The maximum absolute atomic E-state index is 11.1. The predicted octanol–water partition coefficient (Wildman–Crippen LogP) is -0.595. The first-order chi connectivity index (χ1) is 8.09. The molecule has 1 aromatic carbocycles. The van der Waals surface area contributed by atoms with Crippen molar-refractivity contribution in [2.45, 2.75) is 12.7 Å². The van der Waals surface area contributed by atoms with Crippen LogP contribution in [0.15, 0.2) is 24.3 Å². The van der Waals surface area contributed by atoms with E-state index < -0.39 is 12.1 Å². The topological polar surface area (TPSA) is 114 Å². The summed E-state index contributed by atoms with van der Waals surface area (Å²) in [6.07, 6.45) is -1.10. The highest BCUT2D eigenvalue weighted by molar-refractivity contribution is 5.85. The summed E-state index contributed by atoms with van der Waals surface area (Å²) < 4.78 is 0. The number of hydrazine groups is 1. The molecule has 6 N–H and O–H groups in total. The first kappa shape index (κ1) is 11.2. The number of para-hydroxylation sites is 1. The molecule has 0 amide bonds. The molecule has 0 saturated heterocycles. The normalized spacial score (nSPS) is 15.2. The van der Waals surface area contributed by atoms with Crippen LogP contribution in [0.5, 0.6) is 0 Å². The quantitative estimate of drug-likeness (QED) is 0.353. The van der Waals surface area contributed by atoms with Crippen molar-refractivity contribution in [2.75, 3.05) is 5.01 Å². The Bertz CT molecular complexity index is 462. The van der Waals surface area contributed by atoms with E-state index in [0.29, 0.717) is 6.54 Å². The van der Waals surface area contributed by atoms with Gasteiger partial charge < -0.3 is 16.2 Å². The molecule has 17 heavy (non-hydrogen) atoms. The largest absolute Gasteiger partial charge is 0.478 e. The van der Waals surface area contributed by atoms with E-state index in [4.69, 9.17) is 16.2 Å². The van der Waals surface area contributed by atoms with Gasteiger partial charge in [-0.15, -0.1) is 0 Å². The van der Waals surface area contributed by atoms with E-state index in [2.05, 4.69) is 10.7 Å². The number of nitrogens with one attached hydrogen (secondary N) is 3. The number of carboxylic acids is 1. The first-order valence-electron chi connectivity index (χ1n) is 5.03. The number of carbonyl (C=O) groups is 1. The van der Waals surface area contributed by atoms with Gasteiger partial charge in [0.25, 0.3) is 0 Å². The van der Waals surface area contributed by atoms with Crippen LogP contribution in [-0.4, -0.2) is 23.2 Å². The summed E-state index contributed by atoms with van der Waals surface area (Å²) in [4.78, 5) is 11.1. The maximum atomic E-state index is 11.1. The predicted molar refractivity (Wildman–Crippen MR) is 62.2 cm³/mol. The van der Waals surface area contributed by atoms with Crippen LogP contribution in [0, 0.1) is 5.41 Å². The molecule has 1 unspecified atom stereocenters. The summed E-state index contributed by atoms with van der Waals surface area (Å²) in [7, 11) is 0. The molecule has 7 heteroatoms. The van der Waals surface area contributed by atoms with Crippen LogP contribution >= 0.6 is 0 Å². The van der Waals surface area contributed by atoms with Crippen LogP contribution < -0.4 is 21.5 Å². The van der Waals surface area contributed by atoms with Crippen molar-refractivity contribution in [1.82, 2.24) is 10.7 Å². The SMILES string of the molecule is N=C(N)NC(C(=O)O)N1NCc2ccccc21. The second-order valence-electron chi connectivity index (χ2n) is 3.63. The van der Waals surface area contributed by atoms with Gasteiger partial charge in [-0.2, -0.15) is 0 Å². The molecule has 0 radical (unpaired) electrons. The van der Waals surface area contributed by atoms with E-state index in [1.54, 1.807) is 0 Å². The zero-order chi connectivity index (χ0) is 12.4. The van der Waals surface area contributed by atoms with Crippen molar-refractivity contribution in [3.8, 4) is 0 Å². The first-order valence-corrected chi connectivity index (χ1v) is 5.03. The number of fused-ring (bicyclic) bond motifs is 1. The molecule has 1 atom stereocenters. The van der Waals surface area contributed by atoms with E-state index >= 15 is 0 Å². The molecule has 0 bridgehead atoms. The van der Waals surface area contributed by atoms with E-state index in [0.717, 1.165) is 11.3 Å². The maximum Gasteiger partial charge on any atom is 0.348 e. The average molecular weight is 235 g/mol. The number of nitrogens with zero attached hydrogens (tertiary/aromatic N) is 1. The van der Waals surface area contributed by atoms with Crippen molar-refractivity contribution in [1.29, 1.82) is 5.41 Å². The molecule has 90 valence electrons. The molecule has 1 aliphatic rings. The molecular weight excluding hydrogens is 222 g/mol. The molecule has 1 aliphatic heterocycles. The third-order valence-corrected chi connectivity index (χ3v) is 2.48. The molecule has 1 aromatic rings. The third kappa shape index (κ3) is 2.13. The van der Waals surface area contributed by atoms with Crippen LogP contribution in [0.2, 0.25) is 0 Å². The van der Waals surface area contributed by atoms with Crippen molar-refractivity contribution >= 4 is 17.6 Å². The Morgan fingerprint density at radius 1 is 1.59 bits per heavy atom. The molecule has 1 heterocycles. The summed E-state index contributed by atoms with van der Waals surface area (Å²) in [5.74, 6) is -1.49. The van der Waals surface area contributed by atoms with E-state index in [9.17, 15) is 4.79 Å². The number of rotatable bonds is 3. The number of hydrogen-bond acceptors (Lipinski definition) is 4. The highest BCUT2D eigenvalue weighted by Gasteiger charge is 2.31. The van der Waals surface area contributed by atoms with Crippen molar-refractivity contribution in [3.63, 3.8) is 0 Å². The highest BCUT2D eigenvalue weighted by Crippen LogP contribution is 2.25. The fourth-order valence-electron chi connectivity index (χ4n) is 1.77. The van der Waals surface area contributed by atoms with Gasteiger partial charge in [0.15, 0.2) is 5.96 Å². The Balaban J connectivity index is 2.27. The van der Waals surface area contributed by atoms with Gasteiger partial charge in [0.2, 0.25) is 6.17 Å². The molecule has 2 rings (SSSR count). The summed E-state index contributed by atoms with van der Waals surface area (Å²) in [5.41, 5.74) is 9.90. The second-order valence-corrected chi connectivity index (χ2v) is 3.63. The van der Waals surface area contributed by atoms with Gasteiger partial charge in [0.05, 0.1) is 5.69 Å². The van der Waals surface area contributed by atoms with Gasteiger partial charge in [0.1, 0.15) is 0 Å². The van der Waals surface area contributed by atoms with Crippen LogP contribution in [0.4, 0.5) is 5.69 Å². The van der Waals surface area contributed by atoms with Gasteiger partial charge >= 0.3 is 5.97 Å².